The fourth-order valence-corrected chi connectivity index (χ4v) is 3.79. The number of rotatable bonds is 3. The Morgan fingerprint density at radius 2 is 2.19 bits per heavy atom. The number of hydrogen-bond donors (Lipinski definition) is 0. The fourth-order valence-electron chi connectivity index (χ4n) is 3.20. The van der Waals surface area contributed by atoms with E-state index in [4.69, 9.17) is 0 Å². The summed E-state index contributed by atoms with van der Waals surface area (Å²) < 4.78 is 18.7. The number of alkyl halides is 1. The van der Waals surface area contributed by atoms with E-state index in [0.29, 0.717) is 37.7 Å². The summed E-state index contributed by atoms with van der Waals surface area (Å²) in [6.45, 7) is 1.42. The quantitative estimate of drug-likeness (QED) is 0.703. The number of carbonyl (C=O) groups is 1. The fraction of sp³-hybridized carbons (Fsp3) is 0.312. The molecule has 0 unspecified atom stereocenters. The molecule has 1 fully saturated rings. The molecule has 0 radical (unpaired) electrons. The van der Waals surface area contributed by atoms with Gasteiger partial charge in [-0.15, -0.1) is 5.10 Å². The van der Waals surface area contributed by atoms with Crippen molar-refractivity contribution in [1.29, 1.82) is 0 Å². The number of aromatic nitrogens is 5. The number of amides is 1. The molecule has 3 aromatic rings. The van der Waals surface area contributed by atoms with Crippen molar-refractivity contribution in [2.24, 2.45) is 0 Å². The lowest BCUT2D eigenvalue weighted by Gasteiger charge is -2.15. The van der Waals surface area contributed by atoms with E-state index in [1.165, 1.54) is 16.2 Å². The normalized spacial score (nSPS) is 19.4. The van der Waals surface area contributed by atoms with Crippen molar-refractivity contribution < 1.29 is 9.18 Å². The summed E-state index contributed by atoms with van der Waals surface area (Å²) in [5.74, 6) is 1.79. The minimum absolute atomic E-state index is 0.237. The Labute approximate surface area is 152 Å². The second kappa shape index (κ2) is 5.84. The first-order valence-electron chi connectivity index (χ1n) is 8.23. The van der Waals surface area contributed by atoms with Crippen LogP contribution < -0.4 is 9.80 Å². The lowest BCUT2D eigenvalue weighted by atomic mass is 10.2. The van der Waals surface area contributed by atoms with Crippen LogP contribution in [0, 0.1) is 0 Å². The third-order valence-corrected chi connectivity index (χ3v) is 5.31. The van der Waals surface area contributed by atoms with Crippen molar-refractivity contribution in [2.45, 2.75) is 19.1 Å². The molecule has 8 nitrogen and oxygen atoms in total. The maximum Gasteiger partial charge on any atom is 0.352 e. The number of carbonyl (C=O) groups excluding carboxylic acids is 1. The van der Waals surface area contributed by atoms with Gasteiger partial charge >= 0.3 is 6.03 Å². The van der Waals surface area contributed by atoms with E-state index in [9.17, 15) is 9.18 Å². The molecule has 0 aliphatic carbocycles. The Balaban J connectivity index is 1.37. The average Bonchev–Trinajstić information content (AvgIpc) is 3.41. The lowest BCUT2D eigenvalue weighted by Crippen LogP contribution is -2.25. The highest BCUT2D eigenvalue weighted by molar-refractivity contribution is 7.10. The second-order valence-electron chi connectivity index (χ2n) is 6.22. The van der Waals surface area contributed by atoms with Crippen molar-refractivity contribution in [3.05, 3.63) is 36.4 Å². The summed E-state index contributed by atoms with van der Waals surface area (Å²) in [5.41, 5.74) is 0.726. The Morgan fingerprint density at radius 3 is 2.85 bits per heavy atom. The molecule has 2 aliphatic rings. The van der Waals surface area contributed by atoms with Gasteiger partial charge in [0.1, 0.15) is 17.0 Å². The molecule has 1 atom stereocenters. The number of nitrogens with zero attached hydrogens (tertiary/aromatic N) is 7. The summed E-state index contributed by atoms with van der Waals surface area (Å²) in [7, 11) is 0. The Kier molecular flexibility index (Phi) is 3.45. The molecule has 0 aromatic carbocycles. The standard InChI is InChI=1S/C16H14FN7OS/c17-11-4-6-22(8-11)12-2-1-10(7-18-12)15-20-13-9-23(14-3-5-19-26-14)16(25)24(13)21-15/h1-3,5,7,11H,4,6,8-9H2/t11-/m0/s1. The number of halogens is 1. The van der Waals surface area contributed by atoms with E-state index < -0.39 is 6.17 Å². The Hall–Kier alpha value is -2.88. The Morgan fingerprint density at radius 1 is 1.27 bits per heavy atom. The molecule has 5 heterocycles. The first-order valence-corrected chi connectivity index (χ1v) is 9.00. The summed E-state index contributed by atoms with van der Waals surface area (Å²) in [5, 5.41) is 5.10. The van der Waals surface area contributed by atoms with Gasteiger partial charge in [-0.2, -0.15) is 9.06 Å². The number of hydrogen-bond acceptors (Lipinski definition) is 7. The number of fused-ring (bicyclic) bond motifs is 1. The van der Waals surface area contributed by atoms with E-state index in [2.05, 4.69) is 19.4 Å². The predicted octanol–water partition coefficient (Wildman–Crippen LogP) is 2.33. The largest absolute Gasteiger partial charge is 0.354 e. The van der Waals surface area contributed by atoms with Gasteiger partial charge < -0.3 is 4.90 Å². The number of pyridine rings is 1. The van der Waals surface area contributed by atoms with E-state index >= 15 is 0 Å². The van der Waals surface area contributed by atoms with Crippen LogP contribution in [0.5, 0.6) is 0 Å². The van der Waals surface area contributed by atoms with Crippen LogP contribution in [0.2, 0.25) is 0 Å². The van der Waals surface area contributed by atoms with E-state index in [0.717, 1.165) is 16.4 Å². The third-order valence-electron chi connectivity index (χ3n) is 4.54. The molecule has 0 saturated carbocycles. The van der Waals surface area contributed by atoms with Gasteiger partial charge in [-0.05, 0) is 36.2 Å². The summed E-state index contributed by atoms with van der Waals surface area (Å²) in [6.07, 6.45) is 3.07. The lowest BCUT2D eigenvalue weighted by molar-refractivity contribution is 0.248. The topological polar surface area (TPSA) is 80.0 Å². The molecule has 1 saturated heterocycles. The van der Waals surface area contributed by atoms with Crippen molar-refractivity contribution >= 4 is 28.4 Å². The van der Waals surface area contributed by atoms with Crippen molar-refractivity contribution in [3.63, 3.8) is 0 Å². The van der Waals surface area contributed by atoms with Crippen LogP contribution in [-0.2, 0) is 6.54 Å². The summed E-state index contributed by atoms with van der Waals surface area (Å²) in [4.78, 5) is 24.9. The zero-order chi connectivity index (χ0) is 17.7. The zero-order valence-electron chi connectivity index (χ0n) is 13.6. The molecule has 2 aliphatic heterocycles. The van der Waals surface area contributed by atoms with E-state index in [1.807, 2.05) is 17.0 Å². The highest BCUT2D eigenvalue weighted by atomic mass is 32.1. The predicted molar refractivity (Wildman–Crippen MR) is 94.1 cm³/mol. The van der Waals surface area contributed by atoms with Gasteiger partial charge in [0.25, 0.3) is 0 Å². The Bertz CT molecular complexity index is 956. The monoisotopic (exact) mass is 371 g/mol. The van der Waals surface area contributed by atoms with Crippen LogP contribution in [-0.4, -0.2) is 49.4 Å². The van der Waals surface area contributed by atoms with Gasteiger partial charge in [-0.1, -0.05) is 0 Å². The van der Waals surface area contributed by atoms with Crippen LogP contribution in [0.25, 0.3) is 11.4 Å². The van der Waals surface area contributed by atoms with Gasteiger partial charge in [0.05, 0.1) is 13.1 Å². The van der Waals surface area contributed by atoms with Crippen molar-refractivity contribution in [1.82, 2.24) is 24.1 Å². The molecule has 0 spiro atoms. The summed E-state index contributed by atoms with van der Waals surface area (Å²) >= 11 is 1.26. The average molecular weight is 371 g/mol. The van der Waals surface area contributed by atoms with Gasteiger partial charge in [-0.3, -0.25) is 4.90 Å². The maximum atomic E-state index is 13.3. The summed E-state index contributed by atoms with van der Waals surface area (Å²) in [6, 6.07) is 5.24. The SMILES string of the molecule is O=C1N(c2ccns2)Cc2nc(-c3ccc(N4CC[C@H](F)C4)nc3)nn21. The molecule has 5 rings (SSSR count). The van der Waals surface area contributed by atoms with Crippen LogP contribution in [0.3, 0.4) is 0 Å². The molecule has 0 bridgehead atoms. The highest BCUT2D eigenvalue weighted by Gasteiger charge is 2.32. The smallest absolute Gasteiger partial charge is 0.352 e. The third kappa shape index (κ3) is 2.45. The van der Waals surface area contributed by atoms with Gasteiger partial charge in [0, 0.05) is 24.5 Å². The van der Waals surface area contributed by atoms with Crippen LogP contribution >= 0.6 is 11.5 Å². The minimum Gasteiger partial charge on any atom is -0.354 e. The van der Waals surface area contributed by atoms with Crippen LogP contribution in [0.1, 0.15) is 12.2 Å². The maximum absolute atomic E-state index is 13.3. The molecule has 132 valence electrons. The molecular weight excluding hydrogens is 357 g/mol. The van der Waals surface area contributed by atoms with Crippen molar-refractivity contribution in [2.75, 3.05) is 22.9 Å². The van der Waals surface area contributed by atoms with Crippen LogP contribution in [0.15, 0.2) is 30.6 Å². The van der Waals surface area contributed by atoms with E-state index in [-0.39, 0.29) is 6.03 Å². The molecule has 1 amide bonds. The van der Waals surface area contributed by atoms with Gasteiger partial charge in [-0.25, -0.2) is 19.2 Å². The van der Waals surface area contributed by atoms with Gasteiger partial charge in [0.15, 0.2) is 11.6 Å². The zero-order valence-corrected chi connectivity index (χ0v) is 14.4. The van der Waals surface area contributed by atoms with Crippen LogP contribution in [0.4, 0.5) is 20.0 Å². The molecule has 26 heavy (non-hydrogen) atoms. The first-order chi connectivity index (χ1) is 12.7. The number of anilines is 2. The van der Waals surface area contributed by atoms with E-state index in [1.54, 1.807) is 23.4 Å². The minimum atomic E-state index is -0.790. The molecule has 10 heteroatoms. The molecule has 3 aromatic heterocycles. The van der Waals surface area contributed by atoms with Gasteiger partial charge in [0.2, 0.25) is 0 Å². The van der Waals surface area contributed by atoms with Crippen molar-refractivity contribution in [3.8, 4) is 11.4 Å². The molecular formula is C16H14FN7OS. The highest BCUT2D eigenvalue weighted by Crippen LogP contribution is 2.28. The molecule has 0 N–H and O–H groups in total. The first kappa shape index (κ1) is 15.4. The second-order valence-corrected chi connectivity index (χ2v) is 7.03.